The molecule has 0 saturated carbocycles. The average molecular weight is 459 g/mol. The van der Waals surface area contributed by atoms with E-state index in [2.05, 4.69) is 11.4 Å². The van der Waals surface area contributed by atoms with Crippen LogP contribution in [0.3, 0.4) is 0 Å². The second-order valence-electron chi connectivity index (χ2n) is 7.85. The highest BCUT2D eigenvalue weighted by atomic mass is 35.5. The average Bonchev–Trinajstić information content (AvgIpc) is 2.71. The fraction of sp³-hybridized carbons (Fsp3) is 0.571. The number of allylic oxidation sites excluding steroid dienone is 1. The van der Waals surface area contributed by atoms with Crippen molar-refractivity contribution in [1.82, 2.24) is 9.62 Å². The Morgan fingerprint density at radius 2 is 2.00 bits per heavy atom. The number of amides is 1. The second-order valence-corrected chi connectivity index (χ2v) is 10.6. The molecule has 1 saturated heterocycles. The van der Waals surface area contributed by atoms with E-state index in [-0.39, 0.29) is 24.1 Å². The molecule has 3 rings (SSSR count). The quantitative estimate of drug-likeness (QED) is 0.609. The number of carbonyl (C=O) groups is 1. The Morgan fingerprint density at radius 1 is 1.17 bits per heavy atom. The van der Waals surface area contributed by atoms with Crippen LogP contribution in [0.15, 0.2) is 29.8 Å². The van der Waals surface area contributed by atoms with E-state index in [1.807, 2.05) is 0 Å². The lowest BCUT2D eigenvalue weighted by atomic mass is 9.96. The van der Waals surface area contributed by atoms with Gasteiger partial charge in [-0.1, -0.05) is 40.9 Å². The van der Waals surface area contributed by atoms with Crippen LogP contribution in [-0.4, -0.2) is 38.3 Å². The van der Waals surface area contributed by atoms with E-state index in [1.165, 1.54) is 22.7 Å². The minimum absolute atomic E-state index is 0.0455. The Morgan fingerprint density at radius 3 is 2.72 bits per heavy atom. The summed E-state index contributed by atoms with van der Waals surface area (Å²) in [7, 11) is -3.53. The minimum Gasteiger partial charge on any atom is -0.356 e. The van der Waals surface area contributed by atoms with E-state index in [9.17, 15) is 13.2 Å². The Bertz CT molecular complexity index is 871. The van der Waals surface area contributed by atoms with Gasteiger partial charge in [0.05, 0.1) is 21.7 Å². The maximum atomic E-state index is 12.9. The van der Waals surface area contributed by atoms with Gasteiger partial charge in [0.2, 0.25) is 15.9 Å². The number of nitrogens with one attached hydrogen (secondary N) is 1. The number of sulfonamides is 1. The first-order valence-electron chi connectivity index (χ1n) is 10.2. The van der Waals surface area contributed by atoms with E-state index in [4.69, 9.17) is 23.2 Å². The Labute approximate surface area is 183 Å². The molecule has 1 aliphatic carbocycles. The molecule has 0 spiro atoms. The maximum Gasteiger partial charge on any atom is 0.224 e. The first-order chi connectivity index (χ1) is 13.8. The smallest absolute Gasteiger partial charge is 0.224 e. The summed E-state index contributed by atoms with van der Waals surface area (Å²) in [6.07, 6.45) is 9.32. The fourth-order valence-electron chi connectivity index (χ4n) is 3.96. The molecule has 1 N–H and O–H groups in total. The summed E-state index contributed by atoms with van der Waals surface area (Å²) in [5.41, 5.74) is 2.01. The number of hydrogen-bond donors (Lipinski definition) is 1. The van der Waals surface area contributed by atoms with Gasteiger partial charge in [0.25, 0.3) is 0 Å². The highest BCUT2D eigenvalue weighted by Gasteiger charge is 2.32. The molecular weight excluding hydrogens is 431 g/mol. The number of piperidine rings is 1. The molecule has 1 aliphatic heterocycles. The van der Waals surface area contributed by atoms with Crippen LogP contribution in [0.25, 0.3) is 0 Å². The van der Waals surface area contributed by atoms with Gasteiger partial charge < -0.3 is 5.32 Å². The van der Waals surface area contributed by atoms with Crippen molar-refractivity contribution in [2.45, 2.75) is 50.7 Å². The fourth-order valence-corrected chi connectivity index (χ4v) is 5.88. The molecule has 5 nitrogen and oxygen atoms in total. The van der Waals surface area contributed by atoms with Crippen LogP contribution >= 0.6 is 23.2 Å². The van der Waals surface area contributed by atoms with Gasteiger partial charge in [-0.15, -0.1) is 0 Å². The molecule has 0 bridgehead atoms. The van der Waals surface area contributed by atoms with Gasteiger partial charge in [-0.2, -0.15) is 0 Å². The van der Waals surface area contributed by atoms with Crippen molar-refractivity contribution in [2.24, 2.45) is 5.92 Å². The third-order valence-electron chi connectivity index (χ3n) is 5.61. The molecule has 1 heterocycles. The lowest BCUT2D eigenvalue weighted by molar-refractivity contribution is -0.126. The molecule has 0 unspecified atom stereocenters. The molecule has 1 fully saturated rings. The second kappa shape index (κ2) is 10.3. The Balaban J connectivity index is 1.53. The van der Waals surface area contributed by atoms with Crippen molar-refractivity contribution in [3.63, 3.8) is 0 Å². The first-order valence-corrected chi connectivity index (χ1v) is 12.6. The largest absolute Gasteiger partial charge is 0.356 e. The number of nitrogens with zero attached hydrogens (tertiary/aromatic N) is 1. The van der Waals surface area contributed by atoms with Crippen LogP contribution in [0.2, 0.25) is 10.0 Å². The molecule has 1 aromatic carbocycles. The summed E-state index contributed by atoms with van der Waals surface area (Å²) in [5, 5.41) is 3.73. The lowest BCUT2D eigenvalue weighted by Crippen LogP contribution is -2.45. The van der Waals surface area contributed by atoms with E-state index < -0.39 is 10.0 Å². The molecule has 2 aliphatic rings. The highest BCUT2D eigenvalue weighted by molar-refractivity contribution is 7.88. The monoisotopic (exact) mass is 458 g/mol. The van der Waals surface area contributed by atoms with Crippen LogP contribution in [-0.2, 0) is 20.6 Å². The van der Waals surface area contributed by atoms with Gasteiger partial charge in [0.15, 0.2) is 0 Å². The van der Waals surface area contributed by atoms with E-state index in [1.54, 1.807) is 18.2 Å². The van der Waals surface area contributed by atoms with Gasteiger partial charge in [0, 0.05) is 19.6 Å². The van der Waals surface area contributed by atoms with Crippen LogP contribution in [0.4, 0.5) is 0 Å². The zero-order chi connectivity index (χ0) is 20.9. The third-order valence-corrected chi connectivity index (χ3v) is 8.17. The number of hydrogen-bond acceptors (Lipinski definition) is 3. The van der Waals surface area contributed by atoms with Crippen molar-refractivity contribution in [1.29, 1.82) is 0 Å². The highest BCUT2D eigenvalue weighted by Crippen LogP contribution is 2.26. The molecular formula is C21H28Cl2N2O3S. The molecule has 1 atom stereocenters. The van der Waals surface area contributed by atoms with Crippen molar-refractivity contribution >= 4 is 39.1 Å². The van der Waals surface area contributed by atoms with Crippen LogP contribution < -0.4 is 5.32 Å². The molecule has 1 aromatic rings. The zero-order valence-corrected chi connectivity index (χ0v) is 18.8. The minimum atomic E-state index is -3.53. The maximum absolute atomic E-state index is 12.9. The van der Waals surface area contributed by atoms with Crippen molar-refractivity contribution < 1.29 is 13.2 Å². The van der Waals surface area contributed by atoms with E-state index >= 15 is 0 Å². The van der Waals surface area contributed by atoms with E-state index in [0.29, 0.717) is 41.5 Å². The zero-order valence-electron chi connectivity index (χ0n) is 16.5. The Kier molecular flexibility index (Phi) is 8.02. The summed E-state index contributed by atoms with van der Waals surface area (Å²) in [4.78, 5) is 12.6. The van der Waals surface area contributed by atoms with Gasteiger partial charge in [-0.25, -0.2) is 12.7 Å². The molecule has 29 heavy (non-hydrogen) atoms. The summed E-state index contributed by atoms with van der Waals surface area (Å²) in [6, 6.07) is 4.85. The van der Waals surface area contributed by atoms with Crippen LogP contribution in [0.1, 0.15) is 50.5 Å². The van der Waals surface area contributed by atoms with Gasteiger partial charge in [-0.3, -0.25) is 4.79 Å². The summed E-state index contributed by atoms with van der Waals surface area (Å²) in [5.74, 6) is -0.490. The normalized spacial score (nSPS) is 20.9. The molecule has 0 aromatic heterocycles. The van der Waals surface area contributed by atoms with Crippen LogP contribution in [0.5, 0.6) is 0 Å². The van der Waals surface area contributed by atoms with Crippen LogP contribution in [0, 0.1) is 5.92 Å². The predicted molar refractivity (Wildman–Crippen MR) is 118 cm³/mol. The topological polar surface area (TPSA) is 66.5 Å². The van der Waals surface area contributed by atoms with Gasteiger partial charge in [-0.05, 0) is 62.6 Å². The number of halogens is 2. The number of carbonyl (C=O) groups excluding carboxylic acids is 1. The molecule has 0 radical (unpaired) electrons. The molecule has 8 heteroatoms. The Hall–Kier alpha value is -1.08. The lowest BCUT2D eigenvalue weighted by Gasteiger charge is -2.31. The summed E-state index contributed by atoms with van der Waals surface area (Å²) in [6.45, 7) is 1.30. The van der Waals surface area contributed by atoms with Gasteiger partial charge in [0.1, 0.15) is 0 Å². The number of rotatable bonds is 7. The van der Waals surface area contributed by atoms with Crippen molar-refractivity contribution in [3.8, 4) is 0 Å². The molecule has 1 amide bonds. The molecule has 160 valence electrons. The SMILES string of the molecule is O=C(NCCC1=CCCCC1)[C@H]1CCCN(S(=O)(=O)Cc2ccc(Cl)c(Cl)c2)C1. The number of benzene rings is 1. The van der Waals surface area contributed by atoms with Gasteiger partial charge >= 0.3 is 0 Å². The van der Waals surface area contributed by atoms with E-state index in [0.717, 1.165) is 19.3 Å². The third kappa shape index (κ3) is 6.45. The summed E-state index contributed by atoms with van der Waals surface area (Å²) >= 11 is 11.9. The van der Waals surface area contributed by atoms with Crippen molar-refractivity contribution in [2.75, 3.05) is 19.6 Å². The standard InChI is InChI=1S/C21H28Cl2N2O3S/c22-19-9-8-17(13-20(19)23)15-29(27,28)25-12-4-7-18(14-25)21(26)24-11-10-16-5-2-1-3-6-16/h5,8-9,13,18H,1-4,6-7,10-12,14-15H2,(H,24,26)/t18-/m0/s1. The summed E-state index contributed by atoms with van der Waals surface area (Å²) < 4.78 is 27.1. The predicted octanol–water partition coefficient (Wildman–Crippen LogP) is 4.54. The van der Waals surface area contributed by atoms with Crippen molar-refractivity contribution in [3.05, 3.63) is 45.5 Å². The first kappa shape index (κ1) is 22.6.